The van der Waals surface area contributed by atoms with Gasteiger partial charge in [-0.05, 0) is 18.1 Å². The van der Waals surface area contributed by atoms with Crippen molar-refractivity contribution >= 4 is 0 Å². The van der Waals surface area contributed by atoms with E-state index in [1.54, 1.807) is 0 Å². The number of fused-ring (bicyclic) bond motifs is 1. The van der Waals surface area contributed by atoms with Crippen LogP contribution < -0.4 is 4.74 Å². The van der Waals surface area contributed by atoms with Crippen molar-refractivity contribution < 1.29 is 9.84 Å². The summed E-state index contributed by atoms with van der Waals surface area (Å²) in [5.41, 5.74) is 0.870. The monoisotopic (exact) mass is 233 g/mol. The van der Waals surface area contributed by atoms with Gasteiger partial charge in [0.1, 0.15) is 11.9 Å². The first-order chi connectivity index (χ1) is 8.18. The minimum Gasteiger partial charge on any atom is -0.488 e. The normalized spacial score (nSPS) is 26.1. The predicted octanol–water partition coefficient (Wildman–Crippen LogP) is 1.45. The van der Waals surface area contributed by atoms with Gasteiger partial charge in [0, 0.05) is 26.1 Å². The van der Waals surface area contributed by atoms with Gasteiger partial charge >= 0.3 is 0 Å². The summed E-state index contributed by atoms with van der Waals surface area (Å²) in [5, 5.41) is 9.95. The number of β-amino-alcohol motifs (C(OH)–C–C–N with tert-alkyl or cyclic N) is 1. The van der Waals surface area contributed by atoms with Crippen LogP contribution in [-0.4, -0.2) is 41.3 Å². The summed E-state index contributed by atoms with van der Waals surface area (Å²) in [6.45, 7) is 4.55. The van der Waals surface area contributed by atoms with Crippen molar-refractivity contribution in [3.05, 3.63) is 29.8 Å². The van der Waals surface area contributed by atoms with Gasteiger partial charge in [0.15, 0.2) is 0 Å². The lowest BCUT2D eigenvalue weighted by atomic mass is 9.91. The second kappa shape index (κ2) is 4.00. The zero-order valence-corrected chi connectivity index (χ0v) is 10.2. The number of para-hydroxylation sites is 1. The molecule has 3 nitrogen and oxygen atoms in total. The fraction of sp³-hybridized carbons (Fsp3) is 0.571. The van der Waals surface area contributed by atoms with Crippen LogP contribution in [0.2, 0.25) is 0 Å². The average molecular weight is 233 g/mol. The lowest BCUT2D eigenvalue weighted by molar-refractivity contribution is -0.107. The minimum atomic E-state index is -0.439. The van der Waals surface area contributed by atoms with Gasteiger partial charge < -0.3 is 9.84 Å². The van der Waals surface area contributed by atoms with Crippen LogP contribution in [0.3, 0.4) is 0 Å². The molecule has 1 N–H and O–H groups in total. The van der Waals surface area contributed by atoms with Crippen molar-refractivity contribution in [3.8, 4) is 5.75 Å². The van der Waals surface area contributed by atoms with Crippen molar-refractivity contribution in [3.63, 3.8) is 0 Å². The molecule has 1 saturated heterocycles. The molecule has 1 fully saturated rings. The zero-order valence-electron chi connectivity index (χ0n) is 10.2. The Morgan fingerprint density at radius 3 is 2.88 bits per heavy atom. The van der Waals surface area contributed by atoms with Gasteiger partial charge in [0.2, 0.25) is 0 Å². The Kier molecular flexibility index (Phi) is 2.60. The highest BCUT2D eigenvalue weighted by atomic mass is 16.5. The molecule has 1 aromatic rings. The number of likely N-dealkylation sites (tertiary alicyclic amines) is 1. The molecule has 1 unspecified atom stereocenters. The van der Waals surface area contributed by atoms with Crippen LogP contribution in [0.5, 0.6) is 5.75 Å². The molecule has 0 amide bonds. The topological polar surface area (TPSA) is 32.7 Å². The molecule has 2 aliphatic rings. The smallest absolute Gasteiger partial charge is 0.123 e. The van der Waals surface area contributed by atoms with Gasteiger partial charge in [-0.3, -0.25) is 4.90 Å². The SMILES string of the molecule is CCC1(O)CN(CC2Cc3ccccc3O2)C1. The van der Waals surface area contributed by atoms with E-state index in [0.717, 1.165) is 38.2 Å². The summed E-state index contributed by atoms with van der Waals surface area (Å²) in [7, 11) is 0. The number of hydrogen-bond donors (Lipinski definition) is 1. The van der Waals surface area contributed by atoms with E-state index in [2.05, 4.69) is 17.0 Å². The molecule has 2 heterocycles. The van der Waals surface area contributed by atoms with Crippen LogP contribution in [-0.2, 0) is 6.42 Å². The Morgan fingerprint density at radius 1 is 1.41 bits per heavy atom. The number of benzene rings is 1. The molecule has 0 aromatic heterocycles. The van der Waals surface area contributed by atoms with E-state index in [1.165, 1.54) is 5.56 Å². The highest BCUT2D eigenvalue weighted by Gasteiger charge is 2.40. The first-order valence-electron chi connectivity index (χ1n) is 6.38. The van der Waals surface area contributed by atoms with E-state index in [0.29, 0.717) is 0 Å². The highest BCUT2D eigenvalue weighted by Crippen LogP contribution is 2.30. The number of aliphatic hydroxyl groups is 1. The second-order valence-corrected chi connectivity index (χ2v) is 5.30. The lowest BCUT2D eigenvalue weighted by Crippen LogP contribution is -2.62. The molecule has 1 atom stereocenters. The molecular weight excluding hydrogens is 214 g/mol. The van der Waals surface area contributed by atoms with Gasteiger partial charge in [-0.25, -0.2) is 0 Å². The third kappa shape index (κ3) is 2.05. The molecule has 0 spiro atoms. The van der Waals surface area contributed by atoms with Gasteiger partial charge in [0.05, 0.1) is 5.60 Å². The molecule has 3 heteroatoms. The van der Waals surface area contributed by atoms with Gasteiger partial charge in [-0.15, -0.1) is 0 Å². The van der Waals surface area contributed by atoms with Crippen LogP contribution in [0.25, 0.3) is 0 Å². The largest absolute Gasteiger partial charge is 0.488 e. The van der Waals surface area contributed by atoms with Crippen LogP contribution in [0.15, 0.2) is 24.3 Å². The first kappa shape index (κ1) is 11.1. The maximum Gasteiger partial charge on any atom is 0.123 e. The van der Waals surface area contributed by atoms with E-state index in [-0.39, 0.29) is 6.10 Å². The third-order valence-electron chi connectivity index (χ3n) is 3.87. The number of hydrogen-bond acceptors (Lipinski definition) is 3. The summed E-state index contributed by atoms with van der Waals surface area (Å²) in [4.78, 5) is 2.28. The minimum absolute atomic E-state index is 0.258. The third-order valence-corrected chi connectivity index (χ3v) is 3.87. The first-order valence-corrected chi connectivity index (χ1v) is 6.38. The molecular formula is C14H19NO2. The molecule has 0 aliphatic carbocycles. The zero-order chi connectivity index (χ0) is 11.9. The Bertz CT molecular complexity index is 387. The Hall–Kier alpha value is -1.06. The summed E-state index contributed by atoms with van der Waals surface area (Å²) >= 11 is 0. The molecule has 0 saturated carbocycles. The van der Waals surface area contributed by atoms with Gasteiger partial charge in [-0.2, -0.15) is 0 Å². The van der Waals surface area contributed by atoms with E-state index < -0.39 is 5.60 Å². The van der Waals surface area contributed by atoms with Crippen LogP contribution in [0.4, 0.5) is 0 Å². The molecule has 0 radical (unpaired) electrons. The van der Waals surface area contributed by atoms with Crippen LogP contribution >= 0.6 is 0 Å². The second-order valence-electron chi connectivity index (χ2n) is 5.30. The number of ether oxygens (including phenoxy) is 1. The quantitative estimate of drug-likeness (QED) is 0.857. The van der Waals surface area contributed by atoms with Crippen molar-refractivity contribution in [2.75, 3.05) is 19.6 Å². The molecule has 0 bridgehead atoms. The highest BCUT2D eigenvalue weighted by molar-refractivity contribution is 5.37. The van der Waals surface area contributed by atoms with E-state index in [1.807, 2.05) is 19.1 Å². The van der Waals surface area contributed by atoms with Crippen molar-refractivity contribution in [1.82, 2.24) is 4.90 Å². The molecule has 3 rings (SSSR count). The van der Waals surface area contributed by atoms with Crippen LogP contribution in [0, 0.1) is 0 Å². The summed E-state index contributed by atoms with van der Waals surface area (Å²) in [6, 6.07) is 8.24. The van der Waals surface area contributed by atoms with Crippen molar-refractivity contribution in [2.24, 2.45) is 0 Å². The van der Waals surface area contributed by atoms with E-state index >= 15 is 0 Å². The predicted molar refractivity (Wildman–Crippen MR) is 66.2 cm³/mol. The summed E-state index contributed by atoms with van der Waals surface area (Å²) < 4.78 is 5.89. The Balaban J connectivity index is 1.54. The maximum atomic E-state index is 9.95. The average Bonchev–Trinajstić information content (AvgIpc) is 2.69. The lowest BCUT2D eigenvalue weighted by Gasteiger charge is -2.46. The maximum absolute atomic E-state index is 9.95. The summed E-state index contributed by atoms with van der Waals surface area (Å²) in [5.74, 6) is 1.03. The standard InChI is InChI=1S/C14H19NO2/c1-2-14(16)9-15(10-14)8-12-7-11-5-3-4-6-13(11)17-12/h3-6,12,16H,2,7-10H2,1H3. The molecule has 2 aliphatic heterocycles. The van der Waals surface area contributed by atoms with E-state index in [9.17, 15) is 5.11 Å². The summed E-state index contributed by atoms with van der Waals surface area (Å²) in [6.07, 6.45) is 2.10. The number of nitrogens with zero attached hydrogens (tertiary/aromatic N) is 1. The van der Waals surface area contributed by atoms with Gasteiger partial charge in [-0.1, -0.05) is 25.1 Å². The van der Waals surface area contributed by atoms with Crippen molar-refractivity contribution in [2.45, 2.75) is 31.5 Å². The van der Waals surface area contributed by atoms with Crippen molar-refractivity contribution in [1.29, 1.82) is 0 Å². The molecule has 92 valence electrons. The fourth-order valence-electron chi connectivity index (χ4n) is 2.78. The molecule has 1 aromatic carbocycles. The fourth-order valence-corrected chi connectivity index (χ4v) is 2.78. The van der Waals surface area contributed by atoms with Gasteiger partial charge in [0.25, 0.3) is 0 Å². The van der Waals surface area contributed by atoms with E-state index in [4.69, 9.17) is 4.74 Å². The Labute approximate surface area is 102 Å². The number of rotatable bonds is 3. The Morgan fingerprint density at radius 2 is 2.18 bits per heavy atom. The van der Waals surface area contributed by atoms with Crippen LogP contribution in [0.1, 0.15) is 18.9 Å². The molecule has 17 heavy (non-hydrogen) atoms.